The van der Waals surface area contributed by atoms with Crippen LogP contribution in [0.2, 0.25) is 0 Å². The van der Waals surface area contributed by atoms with Crippen LogP contribution in [0.3, 0.4) is 0 Å². The molecule has 22 heavy (non-hydrogen) atoms. The van der Waals surface area contributed by atoms with Gasteiger partial charge in [-0.3, -0.25) is 19.6 Å². The van der Waals surface area contributed by atoms with Crippen LogP contribution >= 0.6 is 0 Å². The molecule has 2 heterocycles. The third-order valence-corrected chi connectivity index (χ3v) is 3.82. The minimum Gasteiger partial charge on any atom is -0.383 e. The predicted octanol–water partition coefficient (Wildman–Crippen LogP) is -0.149. The molecular formula is C15H22N4O3. The molecule has 1 saturated heterocycles. The number of carbonyl (C=O) groups is 2. The number of rotatable bonds is 5. The van der Waals surface area contributed by atoms with Crippen LogP contribution in [0.5, 0.6) is 0 Å². The maximum Gasteiger partial charge on any atom is 0.251 e. The van der Waals surface area contributed by atoms with Crippen molar-refractivity contribution in [1.82, 2.24) is 19.8 Å². The lowest BCUT2D eigenvalue weighted by molar-refractivity contribution is -0.144. The highest BCUT2D eigenvalue weighted by atomic mass is 16.3. The Morgan fingerprint density at radius 1 is 1.45 bits per heavy atom. The number of aromatic nitrogens is 2. The van der Waals surface area contributed by atoms with Crippen molar-refractivity contribution >= 4 is 11.8 Å². The molecule has 1 N–H and O–H groups in total. The normalized spacial score (nSPS) is 18.9. The highest BCUT2D eigenvalue weighted by molar-refractivity contribution is 5.87. The van der Waals surface area contributed by atoms with Gasteiger partial charge in [0.1, 0.15) is 6.10 Å². The number of nitrogens with zero attached hydrogens (tertiary/aromatic N) is 4. The molecule has 1 aromatic heterocycles. The van der Waals surface area contributed by atoms with E-state index in [1.54, 1.807) is 30.5 Å². The van der Waals surface area contributed by atoms with Gasteiger partial charge in [-0.05, 0) is 19.3 Å². The third kappa shape index (κ3) is 4.49. The van der Waals surface area contributed by atoms with E-state index in [4.69, 9.17) is 0 Å². The zero-order valence-corrected chi connectivity index (χ0v) is 12.8. The molecule has 0 bridgehead atoms. The van der Waals surface area contributed by atoms with Gasteiger partial charge in [-0.2, -0.15) is 0 Å². The fraction of sp³-hybridized carbons (Fsp3) is 0.600. The lowest BCUT2D eigenvalue weighted by Gasteiger charge is -2.25. The van der Waals surface area contributed by atoms with Gasteiger partial charge >= 0.3 is 0 Å². The van der Waals surface area contributed by atoms with Gasteiger partial charge < -0.3 is 14.9 Å². The number of hydrogen-bond acceptors (Lipinski definition) is 5. The largest absolute Gasteiger partial charge is 0.383 e. The lowest BCUT2D eigenvalue weighted by Crippen LogP contribution is -2.45. The molecule has 7 heteroatoms. The van der Waals surface area contributed by atoms with Crippen LogP contribution in [-0.4, -0.2) is 69.5 Å². The van der Waals surface area contributed by atoms with E-state index < -0.39 is 6.10 Å². The van der Waals surface area contributed by atoms with Crippen molar-refractivity contribution in [1.29, 1.82) is 0 Å². The molecule has 2 rings (SSSR count). The van der Waals surface area contributed by atoms with Crippen LogP contribution in [0.25, 0.3) is 0 Å². The minimum atomic E-state index is -0.972. The van der Waals surface area contributed by atoms with Gasteiger partial charge in [0.05, 0.1) is 12.2 Å². The Hall–Kier alpha value is -2.02. The second-order valence-corrected chi connectivity index (χ2v) is 5.53. The highest BCUT2D eigenvalue weighted by Crippen LogP contribution is 2.12. The van der Waals surface area contributed by atoms with Crippen LogP contribution in [0.4, 0.5) is 0 Å². The quantitative estimate of drug-likeness (QED) is 0.817. The van der Waals surface area contributed by atoms with E-state index in [1.807, 2.05) is 0 Å². The van der Waals surface area contributed by atoms with Crippen molar-refractivity contribution in [2.75, 3.05) is 26.7 Å². The lowest BCUT2D eigenvalue weighted by atomic mass is 10.2. The Morgan fingerprint density at radius 3 is 3.00 bits per heavy atom. The van der Waals surface area contributed by atoms with Crippen LogP contribution in [0.15, 0.2) is 18.6 Å². The molecule has 1 aliphatic rings. The van der Waals surface area contributed by atoms with Gasteiger partial charge in [0.25, 0.3) is 5.91 Å². The zero-order valence-electron chi connectivity index (χ0n) is 12.8. The summed E-state index contributed by atoms with van der Waals surface area (Å²) in [6, 6.07) is 0. The van der Waals surface area contributed by atoms with Crippen molar-refractivity contribution in [3.63, 3.8) is 0 Å². The van der Waals surface area contributed by atoms with Gasteiger partial charge in [0, 0.05) is 45.1 Å². The third-order valence-electron chi connectivity index (χ3n) is 3.82. The molecule has 0 saturated carbocycles. The number of likely N-dealkylation sites (N-methyl/N-ethyl adjacent to an activating group) is 1. The van der Waals surface area contributed by atoms with Gasteiger partial charge in [-0.15, -0.1) is 0 Å². The van der Waals surface area contributed by atoms with Crippen molar-refractivity contribution < 1.29 is 14.7 Å². The maximum atomic E-state index is 12.2. The van der Waals surface area contributed by atoms with Crippen molar-refractivity contribution in [3.05, 3.63) is 24.3 Å². The predicted molar refractivity (Wildman–Crippen MR) is 79.8 cm³/mol. The topological polar surface area (TPSA) is 86.6 Å². The first kappa shape index (κ1) is 16.4. The molecular weight excluding hydrogens is 284 g/mol. The number of aliphatic hydroxyl groups is 1. The zero-order chi connectivity index (χ0) is 15.9. The second kappa shape index (κ2) is 7.84. The first-order valence-corrected chi connectivity index (χ1v) is 7.53. The standard InChI is InChI=1S/C15H22N4O3/c1-18(9-5-12-10-16-6-7-17-12)14(21)11-19-8-3-2-4-13(20)15(19)22/h6-7,10,13,20H,2-5,8-9,11H2,1H3. The first-order valence-electron chi connectivity index (χ1n) is 7.53. The summed E-state index contributed by atoms with van der Waals surface area (Å²) in [6.45, 7) is 1.06. The number of hydrogen-bond donors (Lipinski definition) is 1. The van der Waals surface area contributed by atoms with Crippen molar-refractivity contribution in [3.8, 4) is 0 Å². The fourth-order valence-corrected chi connectivity index (χ4v) is 2.39. The second-order valence-electron chi connectivity index (χ2n) is 5.53. The molecule has 2 amide bonds. The summed E-state index contributed by atoms with van der Waals surface area (Å²) in [5.74, 6) is -0.473. The number of aliphatic hydroxyl groups excluding tert-OH is 1. The minimum absolute atomic E-state index is 0.0207. The van der Waals surface area contributed by atoms with Crippen LogP contribution < -0.4 is 0 Å². The number of amides is 2. The van der Waals surface area contributed by atoms with E-state index >= 15 is 0 Å². The fourth-order valence-electron chi connectivity index (χ4n) is 2.39. The Labute approximate surface area is 130 Å². The molecule has 7 nitrogen and oxygen atoms in total. The maximum absolute atomic E-state index is 12.2. The number of carbonyl (C=O) groups excluding carboxylic acids is 2. The van der Waals surface area contributed by atoms with Crippen LogP contribution in [0.1, 0.15) is 25.0 Å². The van der Waals surface area contributed by atoms with Gasteiger partial charge in [0.2, 0.25) is 5.91 Å². The van der Waals surface area contributed by atoms with Crippen LogP contribution in [0, 0.1) is 0 Å². The smallest absolute Gasteiger partial charge is 0.251 e. The summed E-state index contributed by atoms with van der Waals surface area (Å²) in [6.07, 6.45) is 6.65. The molecule has 0 aromatic carbocycles. The average Bonchev–Trinajstić information content (AvgIpc) is 2.69. The Bertz CT molecular complexity index is 509. The van der Waals surface area contributed by atoms with E-state index in [-0.39, 0.29) is 18.4 Å². The van der Waals surface area contributed by atoms with Crippen LogP contribution in [-0.2, 0) is 16.0 Å². The Balaban J connectivity index is 1.84. The molecule has 1 fully saturated rings. The van der Waals surface area contributed by atoms with E-state index in [1.165, 1.54) is 4.90 Å². The van der Waals surface area contributed by atoms with Gasteiger partial charge in [-0.1, -0.05) is 0 Å². The van der Waals surface area contributed by atoms with E-state index in [9.17, 15) is 14.7 Å². The molecule has 1 aromatic rings. The molecule has 0 radical (unpaired) electrons. The SMILES string of the molecule is CN(CCc1cnccn1)C(=O)CN1CCCCC(O)C1=O. The Kier molecular flexibility index (Phi) is 5.83. The van der Waals surface area contributed by atoms with E-state index in [2.05, 4.69) is 9.97 Å². The summed E-state index contributed by atoms with van der Waals surface area (Å²) in [5.41, 5.74) is 0.823. The Morgan fingerprint density at radius 2 is 2.27 bits per heavy atom. The highest BCUT2D eigenvalue weighted by Gasteiger charge is 2.27. The van der Waals surface area contributed by atoms with Gasteiger partial charge in [-0.25, -0.2) is 0 Å². The number of likely N-dealkylation sites (tertiary alicyclic amines) is 1. The monoisotopic (exact) mass is 306 g/mol. The molecule has 1 unspecified atom stereocenters. The first-order chi connectivity index (χ1) is 10.6. The van der Waals surface area contributed by atoms with E-state index in [0.717, 1.165) is 18.5 Å². The summed E-state index contributed by atoms with van der Waals surface area (Å²) in [5, 5.41) is 9.70. The molecule has 1 aliphatic heterocycles. The summed E-state index contributed by atoms with van der Waals surface area (Å²) in [7, 11) is 1.71. The molecule has 1 atom stereocenters. The summed E-state index contributed by atoms with van der Waals surface area (Å²) >= 11 is 0. The molecule has 0 spiro atoms. The molecule has 120 valence electrons. The molecule has 0 aliphatic carbocycles. The van der Waals surface area contributed by atoms with E-state index in [0.29, 0.717) is 25.9 Å². The van der Waals surface area contributed by atoms with Gasteiger partial charge in [0.15, 0.2) is 0 Å². The average molecular weight is 306 g/mol. The summed E-state index contributed by atoms with van der Waals surface area (Å²) in [4.78, 5) is 35.4. The van der Waals surface area contributed by atoms with Crippen molar-refractivity contribution in [2.24, 2.45) is 0 Å². The van der Waals surface area contributed by atoms with Crippen molar-refractivity contribution in [2.45, 2.75) is 31.8 Å². The summed E-state index contributed by atoms with van der Waals surface area (Å²) < 4.78 is 0.